The molecule has 7 heteroatoms. The van der Waals surface area contributed by atoms with Crippen LogP contribution in [0.25, 0.3) is 0 Å². The number of hydrogen-bond donors (Lipinski definition) is 1. The number of hydrogen-bond acceptors (Lipinski definition) is 6. The second-order valence-electron chi connectivity index (χ2n) is 6.26. The molecular weight excluding hydrogens is 332 g/mol. The molecule has 1 aliphatic rings. The van der Waals surface area contributed by atoms with Crippen LogP contribution in [0.5, 0.6) is 11.5 Å². The molecule has 1 saturated heterocycles. The Morgan fingerprint density at radius 2 is 1.96 bits per heavy atom. The van der Waals surface area contributed by atoms with Gasteiger partial charge >= 0.3 is 0 Å². The number of anilines is 1. The maximum Gasteiger partial charge on any atom is 0.274 e. The summed E-state index contributed by atoms with van der Waals surface area (Å²) in [5, 5.41) is 3.29. The first-order chi connectivity index (χ1) is 12.6. The van der Waals surface area contributed by atoms with Gasteiger partial charge in [0, 0.05) is 18.7 Å². The van der Waals surface area contributed by atoms with E-state index < -0.39 is 0 Å². The highest BCUT2D eigenvalue weighted by Gasteiger charge is 2.21. The SMILES string of the molecule is COc1ccc(OC)c(C(C)Nc2cncc(C(=O)N3CCCC3)n2)c1. The molecule has 3 rings (SSSR count). The molecule has 0 saturated carbocycles. The average molecular weight is 356 g/mol. The Labute approximate surface area is 153 Å². The fraction of sp³-hybridized carbons (Fsp3) is 0.421. The molecule has 1 aliphatic heterocycles. The predicted molar refractivity (Wildman–Crippen MR) is 98.8 cm³/mol. The van der Waals surface area contributed by atoms with E-state index in [1.807, 2.05) is 30.0 Å². The minimum absolute atomic E-state index is 0.0646. The summed E-state index contributed by atoms with van der Waals surface area (Å²) in [4.78, 5) is 22.9. The Kier molecular flexibility index (Phi) is 5.55. The van der Waals surface area contributed by atoms with Crippen LogP contribution in [-0.4, -0.2) is 48.1 Å². The zero-order chi connectivity index (χ0) is 18.5. The number of rotatable bonds is 6. The van der Waals surface area contributed by atoms with Gasteiger partial charge in [0.15, 0.2) is 0 Å². The summed E-state index contributed by atoms with van der Waals surface area (Å²) in [6.45, 7) is 3.57. The largest absolute Gasteiger partial charge is 0.497 e. The van der Waals surface area contributed by atoms with Crippen molar-refractivity contribution in [3.63, 3.8) is 0 Å². The molecule has 1 aromatic carbocycles. The molecule has 138 valence electrons. The molecule has 1 aromatic heterocycles. The maximum absolute atomic E-state index is 12.5. The van der Waals surface area contributed by atoms with Gasteiger partial charge in [-0.1, -0.05) is 0 Å². The predicted octanol–water partition coefficient (Wildman–Crippen LogP) is 2.90. The third-order valence-electron chi connectivity index (χ3n) is 4.51. The van der Waals surface area contributed by atoms with Gasteiger partial charge in [-0.2, -0.15) is 0 Å². The van der Waals surface area contributed by atoms with Crippen molar-refractivity contribution in [3.8, 4) is 11.5 Å². The lowest BCUT2D eigenvalue weighted by molar-refractivity contribution is 0.0786. The number of carbonyl (C=O) groups is 1. The molecule has 0 bridgehead atoms. The molecule has 0 radical (unpaired) electrons. The number of ether oxygens (including phenoxy) is 2. The van der Waals surface area contributed by atoms with Crippen LogP contribution in [0.2, 0.25) is 0 Å². The number of methoxy groups -OCH3 is 2. The zero-order valence-electron chi connectivity index (χ0n) is 15.4. The lowest BCUT2D eigenvalue weighted by Gasteiger charge is -2.19. The number of carbonyl (C=O) groups excluding carboxylic acids is 1. The van der Waals surface area contributed by atoms with E-state index in [1.165, 1.54) is 6.20 Å². The fourth-order valence-electron chi connectivity index (χ4n) is 3.10. The molecular formula is C19H24N4O3. The van der Waals surface area contributed by atoms with E-state index in [9.17, 15) is 4.79 Å². The highest BCUT2D eigenvalue weighted by Crippen LogP contribution is 2.30. The molecule has 2 heterocycles. The first-order valence-corrected chi connectivity index (χ1v) is 8.72. The fourth-order valence-corrected chi connectivity index (χ4v) is 3.10. The quantitative estimate of drug-likeness (QED) is 0.858. The summed E-state index contributed by atoms with van der Waals surface area (Å²) in [5.74, 6) is 1.99. The molecule has 26 heavy (non-hydrogen) atoms. The second kappa shape index (κ2) is 8.03. The standard InChI is InChI=1S/C19H24N4O3/c1-13(15-10-14(25-2)6-7-17(15)26-3)21-18-12-20-11-16(22-18)19(24)23-8-4-5-9-23/h6-7,10-13H,4-5,8-9H2,1-3H3,(H,21,22). The van der Waals surface area contributed by atoms with Crippen molar-refractivity contribution < 1.29 is 14.3 Å². The Balaban J connectivity index is 1.78. The third kappa shape index (κ3) is 3.87. The van der Waals surface area contributed by atoms with Gasteiger partial charge in [-0.15, -0.1) is 0 Å². The monoisotopic (exact) mass is 356 g/mol. The highest BCUT2D eigenvalue weighted by atomic mass is 16.5. The van der Waals surface area contributed by atoms with Crippen LogP contribution in [0.1, 0.15) is 41.9 Å². The Morgan fingerprint density at radius 3 is 2.65 bits per heavy atom. The number of aromatic nitrogens is 2. The average Bonchev–Trinajstić information content (AvgIpc) is 3.21. The second-order valence-corrected chi connectivity index (χ2v) is 6.26. The lowest BCUT2D eigenvalue weighted by atomic mass is 10.1. The van der Waals surface area contributed by atoms with Crippen molar-refractivity contribution in [3.05, 3.63) is 41.9 Å². The molecule has 1 amide bonds. The lowest BCUT2D eigenvalue weighted by Crippen LogP contribution is -2.28. The number of amides is 1. The van der Waals surface area contributed by atoms with Crippen LogP contribution in [0.15, 0.2) is 30.6 Å². The molecule has 2 aromatic rings. The highest BCUT2D eigenvalue weighted by molar-refractivity contribution is 5.92. The molecule has 1 N–H and O–H groups in total. The number of nitrogens with zero attached hydrogens (tertiary/aromatic N) is 3. The van der Waals surface area contributed by atoms with Crippen LogP contribution in [0, 0.1) is 0 Å². The summed E-state index contributed by atoms with van der Waals surface area (Å²) < 4.78 is 10.7. The first kappa shape index (κ1) is 18.0. The van der Waals surface area contributed by atoms with Crippen molar-refractivity contribution in [1.29, 1.82) is 0 Å². The van der Waals surface area contributed by atoms with E-state index >= 15 is 0 Å². The molecule has 1 atom stereocenters. The van der Waals surface area contributed by atoms with E-state index in [1.54, 1.807) is 20.4 Å². The van der Waals surface area contributed by atoms with Gasteiger partial charge in [0.2, 0.25) is 0 Å². The summed E-state index contributed by atoms with van der Waals surface area (Å²) in [5.41, 5.74) is 1.30. The van der Waals surface area contributed by atoms with Crippen LogP contribution < -0.4 is 14.8 Å². The van der Waals surface area contributed by atoms with Gasteiger partial charge < -0.3 is 19.7 Å². The van der Waals surface area contributed by atoms with Crippen molar-refractivity contribution in [1.82, 2.24) is 14.9 Å². The van der Waals surface area contributed by atoms with Crippen molar-refractivity contribution >= 4 is 11.7 Å². The topological polar surface area (TPSA) is 76.6 Å². The van der Waals surface area contributed by atoms with Gasteiger partial charge in [-0.25, -0.2) is 4.98 Å². The van der Waals surface area contributed by atoms with E-state index in [-0.39, 0.29) is 11.9 Å². The smallest absolute Gasteiger partial charge is 0.274 e. The molecule has 1 unspecified atom stereocenters. The molecule has 0 spiro atoms. The maximum atomic E-state index is 12.5. The van der Waals surface area contributed by atoms with E-state index in [2.05, 4.69) is 15.3 Å². The number of benzene rings is 1. The van der Waals surface area contributed by atoms with Crippen LogP contribution >= 0.6 is 0 Å². The zero-order valence-corrected chi connectivity index (χ0v) is 15.4. The number of nitrogens with one attached hydrogen (secondary N) is 1. The minimum Gasteiger partial charge on any atom is -0.497 e. The number of likely N-dealkylation sites (tertiary alicyclic amines) is 1. The molecule has 1 fully saturated rings. The Morgan fingerprint density at radius 1 is 1.19 bits per heavy atom. The Bertz CT molecular complexity index is 775. The summed E-state index contributed by atoms with van der Waals surface area (Å²) in [6.07, 6.45) is 5.22. The van der Waals surface area contributed by atoms with E-state index in [0.717, 1.165) is 43.0 Å². The van der Waals surface area contributed by atoms with Crippen LogP contribution in [-0.2, 0) is 0 Å². The van der Waals surface area contributed by atoms with Gasteiger partial charge in [0.05, 0.1) is 32.7 Å². The van der Waals surface area contributed by atoms with Gasteiger partial charge in [-0.3, -0.25) is 9.78 Å². The molecule has 0 aliphatic carbocycles. The van der Waals surface area contributed by atoms with Crippen LogP contribution in [0.4, 0.5) is 5.82 Å². The summed E-state index contributed by atoms with van der Waals surface area (Å²) >= 11 is 0. The Hall–Kier alpha value is -2.83. The van der Waals surface area contributed by atoms with Gasteiger partial charge in [0.25, 0.3) is 5.91 Å². The van der Waals surface area contributed by atoms with Crippen molar-refractivity contribution in [2.45, 2.75) is 25.8 Å². The van der Waals surface area contributed by atoms with Gasteiger partial charge in [0.1, 0.15) is 23.0 Å². The van der Waals surface area contributed by atoms with Gasteiger partial charge in [-0.05, 0) is 38.0 Å². The first-order valence-electron chi connectivity index (χ1n) is 8.72. The van der Waals surface area contributed by atoms with Crippen molar-refractivity contribution in [2.24, 2.45) is 0 Å². The van der Waals surface area contributed by atoms with E-state index in [0.29, 0.717) is 11.5 Å². The third-order valence-corrected chi connectivity index (χ3v) is 4.51. The van der Waals surface area contributed by atoms with E-state index in [4.69, 9.17) is 9.47 Å². The summed E-state index contributed by atoms with van der Waals surface area (Å²) in [7, 11) is 3.26. The summed E-state index contributed by atoms with van der Waals surface area (Å²) in [6, 6.07) is 5.53. The van der Waals surface area contributed by atoms with Crippen LogP contribution in [0.3, 0.4) is 0 Å². The normalized spacial score (nSPS) is 14.8. The molecule has 7 nitrogen and oxygen atoms in total. The minimum atomic E-state index is -0.105. The van der Waals surface area contributed by atoms with Crippen molar-refractivity contribution in [2.75, 3.05) is 32.6 Å².